The highest BCUT2D eigenvalue weighted by Gasteiger charge is 2.15. The second kappa shape index (κ2) is 4.23. The molecule has 0 aliphatic carbocycles. The molecule has 1 aliphatic heterocycles. The zero-order chi connectivity index (χ0) is 10.8. The maximum absolute atomic E-state index is 3.95. The summed E-state index contributed by atoms with van der Waals surface area (Å²) in [4.78, 5) is 4.84. The van der Waals surface area contributed by atoms with Crippen LogP contribution in [-0.2, 0) is 0 Å². The van der Waals surface area contributed by atoms with Gasteiger partial charge in [-0.1, -0.05) is 12.1 Å². The van der Waals surface area contributed by atoms with Crippen LogP contribution in [-0.4, -0.2) is 38.1 Å². The monoisotopic (exact) mass is 203 g/mol. The summed E-state index contributed by atoms with van der Waals surface area (Å²) >= 11 is 0. The Labute approximate surface area is 92.5 Å². The lowest BCUT2D eigenvalue weighted by molar-refractivity contribution is 0.312. The number of hydrogen-bond donors (Lipinski definition) is 0. The first-order valence-corrected chi connectivity index (χ1v) is 5.53. The highest BCUT2D eigenvalue weighted by molar-refractivity contribution is 5.55. The van der Waals surface area contributed by atoms with E-state index in [1.807, 2.05) is 0 Å². The fourth-order valence-corrected chi connectivity index (χ4v) is 2.12. The fourth-order valence-electron chi connectivity index (χ4n) is 2.12. The van der Waals surface area contributed by atoms with Crippen LogP contribution >= 0.6 is 0 Å². The second-order valence-electron chi connectivity index (χ2n) is 4.41. The van der Waals surface area contributed by atoms with Crippen molar-refractivity contribution in [3.8, 4) is 0 Å². The zero-order valence-corrected chi connectivity index (χ0v) is 9.66. The highest BCUT2D eigenvalue weighted by atomic mass is 15.2. The van der Waals surface area contributed by atoms with E-state index in [0.717, 1.165) is 31.7 Å². The van der Waals surface area contributed by atoms with Gasteiger partial charge in [0.15, 0.2) is 0 Å². The average molecular weight is 203 g/mol. The van der Waals surface area contributed by atoms with E-state index >= 15 is 0 Å². The van der Waals surface area contributed by atoms with E-state index < -0.39 is 0 Å². The van der Waals surface area contributed by atoms with Gasteiger partial charge in [0.05, 0.1) is 0 Å². The van der Waals surface area contributed by atoms with E-state index in [9.17, 15) is 0 Å². The number of benzene rings is 1. The van der Waals surface area contributed by atoms with Crippen LogP contribution in [0, 0.1) is 13.8 Å². The summed E-state index contributed by atoms with van der Waals surface area (Å²) in [6.45, 7) is 10.7. The van der Waals surface area contributed by atoms with E-state index in [2.05, 4.69) is 48.9 Å². The smallest absolute Gasteiger partial charge is 0.0397 e. The van der Waals surface area contributed by atoms with Gasteiger partial charge in [-0.05, 0) is 38.1 Å². The summed E-state index contributed by atoms with van der Waals surface area (Å²) in [5, 5.41) is 0. The topological polar surface area (TPSA) is 6.48 Å². The van der Waals surface area contributed by atoms with E-state index in [1.54, 1.807) is 0 Å². The van der Waals surface area contributed by atoms with Crippen molar-refractivity contribution in [3.05, 3.63) is 36.2 Å². The summed E-state index contributed by atoms with van der Waals surface area (Å²) in [7, 11) is 2.18. The van der Waals surface area contributed by atoms with Crippen molar-refractivity contribution in [2.75, 3.05) is 38.1 Å². The number of piperazine rings is 1. The predicted octanol–water partition coefficient (Wildman–Crippen LogP) is 1.93. The summed E-state index contributed by atoms with van der Waals surface area (Å²) in [6.07, 6.45) is 0. The molecule has 2 rings (SSSR count). The van der Waals surface area contributed by atoms with Gasteiger partial charge in [-0.25, -0.2) is 0 Å². The first-order chi connectivity index (χ1) is 7.16. The van der Waals surface area contributed by atoms with E-state index in [1.165, 1.54) is 11.3 Å². The molecule has 2 nitrogen and oxygen atoms in total. The van der Waals surface area contributed by atoms with Gasteiger partial charge in [0, 0.05) is 31.9 Å². The van der Waals surface area contributed by atoms with Crippen LogP contribution in [0.5, 0.6) is 0 Å². The fraction of sp³-hybridized carbons (Fsp3) is 0.462. The molecule has 1 radical (unpaired) electrons. The van der Waals surface area contributed by atoms with Gasteiger partial charge < -0.3 is 9.80 Å². The Morgan fingerprint density at radius 2 is 1.80 bits per heavy atom. The molecule has 1 aromatic rings. The molecule has 15 heavy (non-hydrogen) atoms. The molecule has 1 heterocycles. The van der Waals surface area contributed by atoms with Crippen molar-refractivity contribution in [2.45, 2.75) is 6.92 Å². The third-order valence-electron chi connectivity index (χ3n) is 3.11. The minimum absolute atomic E-state index is 1.10. The SMILES string of the molecule is [CH2]c1ccc(N2CCN(C)CC2)c(C)c1. The van der Waals surface area contributed by atoms with Crippen LogP contribution in [0.1, 0.15) is 11.1 Å². The van der Waals surface area contributed by atoms with Gasteiger partial charge in [-0.2, -0.15) is 0 Å². The molecule has 1 aliphatic rings. The quantitative estimate of drug-likeness (QED) is 0.688. The van der Waals surface area contributed by atoms with Gasteiger partial charge in [0.2, 0.25) is 0 Å². The Morgan fingerprint density at radius 1 is 1.13 bits per heavy atom. The van der Waals surface area contributed by atoms with Gasteiger partial charge in [-0.15, -0.1) is 0 Å². The number of anilines is 1. The van der Waals surface area contributed by atoms with Crippen molar-refractivity contribution in [1.29, 1.82) is 0 Å². The molecule has 1 fully saturated rings. The lowest BCUT2D eigenvalue weighted by Crippen LogP contribution is -2.44. The van der Waals surface area contributed by atoms with Crippen LogP contribution in [0.15, 0.2) is 18.2 Å². The Hall–Kier alpha value is -1.02. The molecule has 0 amide bonds. The van der Waals surface area contributed by atoms with E-state index in [-0.39, 0.29) is 0 Å². The molecular formula is C13H19N2. The molecule has 0 aromatic heterocycles. The Morgan fingerprint density at radius 3 is 2.40 bits per heavy atom. The number of nitrogens with zero attached hydrogens (tertiary/aromatic N) is 2. The van der Waals surface area contributed by atoms with Crippen molar-refractivity contribution in [1.82, 2.24) is 4.90 Å². The van der Waals surface area contributed by atoms with Gasteiger partial charge in [-0.3, -0.25) is 0 Å². The maximum atomic E-state index is 3.95. The molecule has 1 saturated heterocycles. The highest BCUT2D eigenvalue weighted by Crippen LogP contribution is 2.21. The molecule has 0 atom stereocenters. The molecule has 1 aromatic carbocycles. The van der Waals surface area contributed by atoms with Crippen molar-refractivity contribution >= 4 is 5.69 Å². The van der Waals surface area contributed by atoms with Crippen molar-refractivity contribution in [3.63, 3.8) is 0 Å². The standard InChI is InChI=1S/C13H19N2/c1-11-4-5-13(12(2)10-11)15-8-6-14(3)7-9-15/h4-5,10H,1,6-9H2,2-3H3. The predicted molar refractivity (Wildman–Crippen MR) is 65.3 cm³/mol. The van der Waals surface area contributed by atoms with Crippen LogP contribution in [0.4, 0.5) is 5.69 Å². The summed E-state index contributed by atoms with van der Waals surface area (Å²) < 4.78 is 0. The Bertz CT molecular complexity index is 338. The van der Waals surface area contributed by atoms with Gasteiger partial charge >= 0.3 is 0 Å². The van der Waals surface area contributed by atoms with Crippen LogP contribution in [0.25, 0.3) is 0 Å². The minimum Gasteiger partial charge on any atom is -0.369 e. The molecule has 0 saturated carbocycles. The number of rotatable bonds is 1. The maximum Gasteiger partial charge on any atom is 0.0397 e. The molecule has 2 heteroatoms. The number of aryl methyl sites for hydroxylation is 1. The summed E-state index contributed by atoms with van der Waals surface area (Å²) in [5.74, 6) is 0. The minimum atomic E-state index is 1.10. The molecule has 0 N–H and O–H groups in total. The Balaban J connectivity index is 2.15. The Kier molecular flexibility index (Phi) is 2.96. The first-order valence-electron chi connectivity index (χ1n) is 5.53. The molecule has 0 spiro atoms. The summed E-state index contributed by atoms with van der Waals surface area (Å²) in [6, 6.07) is 6.46. The zero-order valence-electron chi connectivity index (χ0n) is 9.66. The number of likely N-dealkylation sites (N-methyl/N-ethyl adjacent to an activating group) is 1. The van der Waals surface area contributed by atoms with E-state index in [4.69, 9.17) is 0 Å². The summed E-state index contributed by atoms with van der Waals surface area (Å²) in [5.41, 5.74) is 3.81. The third-order valence-corrected chi connectivity index (χ3v) is 3.11. The lowest BCUT2D eigenvalue weighted by atomic mass is 10.1. The largest absolute Gasteiger partial charge is 0.369 e. The van der Waals surface area contributed by atoms with Crippen molar-refractivity contribution < 1.29 is 0 Å². The number of hydrogen-bond acceptors (Lipinski definition) is 2. The average Bonchev–Trinajstić information content (AvgIpc) is 2.20. The van der Waals surface area contributed by atoms with Gasteiger partial charge in [0.25, 0.3) is 0 Å². The molecule has 0 unspecified atom stereocenters. The second-order valence-corrected chi connectivity index (χ2v) is 4.41. The molecule has 81 valence electrons. The third kappa shape index (κ3) is 2.32. The first kappa shape index (κ1) is 10.5. The lowest BCUT2D eigenvalue weighted by Gasteiger charge is -2.35. The normalized spacial score (nSPS) is 18.2. The van der Waals surface area contributed by atoms with Crippen LogP contribution in [0.2, 0.25) is 0 Å². The molecule has 0 bridgehead atoms. The van der Waals surface area contributed by atoms with Crippen LogP contribution in [0.3, 0.4) is 0 Å². The van der Waals surface area contributed by atoms with Crippen molar-refractivity contribution in [2.24, 2.45) is 0 Å². The van der Waals surface area contributed by atoms with Gasteiger partial charge in [0.1, 0.15) is 0 Å². The molecular weight excluding hydrogens is 184 g/mol. The van der Waals surface area contributed by atoms with Crippen LogP contribution < -0.4 is 4.90 Å². The van der Waals surface area contributed by atoms with E-state index in [0.29, 0.717) is 0 Å².